The molecule has 2 aromatic rings. The van der Waals surface area contributed by atoms with E-state index < -0.39 is 23.7 Å². The molecule has 2 atom stereocenters. The lowest BCUT2D eigenvalue weighted by Crippen LogP contribution is -3.05. The molecule has 6 nitrogen and oxygen atoms in total. The van der Waals surface area contributed by atoms with Gasteiger partial charge in [0.05, 0.1) is 26.7 Å². The molecule has 0 radical (unpaired) electrons. The van der Waals surface area contributed by atoms with Crippen molar-refractivity contribution in [3.05, 3.63) is 64.9 Å². The number of amides is 1. The monoisotopic (exact) mass is 400 g/mol. The van der Waals surface area contributed by atoms with Crippen LogP contribution in [0.1, 0.15) is 28.4 Å². The zero-order valence-electron chi connectivity index (χ0n) is 15.9. The Labute approximate surface area is 169 Å². The largest absolute Gasteiger partial charge is 0.340 e. The van der Waals surface area contributed by atoms with Crippen LogP contribution < -0.4 is 4.90 Å². The number of hydrogen-bond donors (Lipinski definition) is 1. The molecule has 1 fully saturated rings. The molecule has 146 valence electrons. The maximum Gasteiger partial charge on any atom is 0.291 e. The van der Waals surface area contributed by atoms with Gasteiger partial charge in [-0.15, -0.1) is 0 Å². The highest BCUT2D eigenvalue weighted by Crippen LogP contribution is 2.38. The van der Waals surface area contributed by atoms with Gasteiger partial charge in [-0.1, -0.05) is 17.7 Å². The van der Waals surface area contributed by atoms with Gasteiger partial charge in [0, 0.05) is 35.9 Å². The molecule has 0 saturated carbocycles. The highest BCUT2D eigenvalue weighted by molar-refractivity contribution is 6.44. The van der Waals surface area contributed by atoms with Gasteiger partial charge in [0.2, 0.25) is 5.78 Å². The van der Waals surface area contributed by atoms with Gasteiger partial charge in [-0.3, -0.25) is 19.4 Å². The molecule has 1 N–H and O–H groups in total. The average Bonchev–Trinajstić information content (AvgIpc) is 2.93. The number of carbonyl (C=O) groups is 3. The first kappa shape index (κ1) is 20.2. The first-order valence-electron chi connectivity index (χ1n) is 9.23. The minimum atomic E-state index is -1.08. The number of rotatable bonds is 7. The number of hydrogen-bond acceptors (Lipinski definition) is 4. The number of carbonyl (C=O) groups excluding carboxylic acids is 3. The van der Waals surface area contributed by atoms with Crippen molar-refractivity contribution < 1.29 is 19.3 Å². The molecule has 1 aliphatic heterocycles. The molecule has 0 aliphatic carbocycles. The molecule has 1 amide bonds. The van der Waals surface area contributed by atoms with Gasteiger partial charge in [-0.05, 0) is 35.9 Å². The molecule has 3 rings (SSSR count). The average molecular weight is 401 g/mol. The molecule has 2 heterocycles. The van der Waals surface area contributed by atoms with E-state index in [1.54, 1.807) is 48.8 Å². The van der Waals surface area contributed by atoms with Crippen molar-refractivity contribution in [2.75, 3.05) is 27.2 Å². The van der Waals surface area contributed by atoms with E-state index in [2.05, 4.69) is 4.98 Å². The standard InChI is InChI=1S/C21H22ClN3O3/c1-24(2)11-4-12-25-18(15-5-3-10-23-13-15)17(20(27)21(25)28)19(26)14-6-8-16(22)9-7-14/h3,5-10,13,17-18H,4,11-12H2,1-2H3/p+1. The van der Waals surface area contributed by atoms with Gasteiger partial charge < -0.3 is 9.80 Å². The van der Waals surface area contributed by atoms with Crippen LogP contribution in [0.25, 0.3) is 0 Å². The maximum absolute atomic E-state index is 13.2. The Kier molecular flexibility index (Phi) is 6.21. The van der Waals surface area contributed by atoms with Crippen LogP contribution in [0, 0.1) is 5.92 Å². The number of nitrogens with one attached hydrogen (secondary N) is 1. The van der Waals surface area contributed by atoms with Gasteiger partial charge in [-0.25, -0.2) is 0 Å². The van der Waals surface area contributed by atoms with Crippen molar-refractivity contribution in [3.8, 4) is 0 Å². The number of Topliss-reactive ketones (excluding diaryl/α,β-unsaturated/α-hetero) is 2. The Morgan fingerprint density at radius 3 is 2.50 bits per heavy atom. The van der Waals surface area contributed by atoms with E-state index in [1.165, 1.54) is 9.80 Å². The van der Waals surface area contributed by atoms with E-state index in [-0.39, 0.29) is 5.78 Å². The Morgan fingerprint density at radius 1 is 1.18 bits per heavy atom. The van der Waals surface area contributed by atoms with E-state index >= 15 is 0 Å². The van der Waals surface area contributed by atoms with E-state index in [0.717, 1.165) is 13.0 Å². The Hall–Kier alpha value is -2.57. The van der Waals surface area contributed by atoms with Crippen molar-refractivity contribution in [1.29, 1.82) is 0 Å². The van der Waals surface area contributed by atoms with Crippen LogP contribution in [0.15, 0.2) is 48.8 Å². The van der Waals surface area contributed by atoms with E-state index in [9.17, 15) is 14.4 Å². The number of quaternary nitrogens is 1. The zero-order valence-corrected chi connectivity index (χ0v) is 16.6. The summed E-state index contributed by atoms with van der Waals surface area (Å²) in [6.45, 7) is 1.27. The molecule has 0 spiro atoms. The van der Waals surface area contributed by atoms with Gasteiger partial charge >= 0.3 is 0 Å². The van der Waals surface area contributed by atoms with Crippen molar-refractivity contribution in [3.63, 3.8) is 0 Å². The van der Waals surface area contributed by atoms with Crippen LogP contribution in [0.2, 0.25) is 5.02 Å². The fraction of sp³-hybridized carbons (Fsp3) is 0.333. The van der Waals surface area contributed by atoms with Gasteiger partial charge in [0.25, 0.3) is 5.91 Å². The number of benzene rings is 1. The normalized spacial score (nSPS) is 19.5. The lowest BCUT2D eigenvalue weighted by Gasteiger charge is -2.27. The quantitative estimate of drug-likeness (QED) is 0.431. The third kappa shape index (κ3) is 4.13. The number of likely N-dealkylation sites (tertiary alicyclic amines) is 1. The molecule has 7 heteroatoms. The summed E-state index contributed by atoms with van der Waals surface area (Å²) in [6, 6.07) is 9.28. The summed E-state index contributed by atoms with van der Waals surface area (Å²) in [5.74, 6) is -2.71. The van der Waals surface area contributed by atoms with Gasteiger partial charge in [-0.2, -0.15) is 0 Å². The molecular weight excluding hydrogens is 378 g/mol. The van der Waals surface area contributed by atoms with E-state index in [4.69, 9.17) is 11.6 Å². The van der Waals surface area contributed by atoms with Crippen molar-refractivity contribution in [2.24, 2.45) is 5.92 Å². The Bertz CT molecular complexity index is 868. The number of pyridine rings is 1. The molecule has 1 aromatic carbocycles. The Balaban J connectivity index is 1.96. The Morgan fingerprint density at radius 2 is 1.89 bits per heavy atom. The fourth-order valence-electron chi connectivity index (χ4n) is 3.55. The SMILES string of the molecule is C[NH+](C)CCCN1C(=O)C(=O)C(C(=O)c2ccc(Cl)cc2)C1c1cccnc1. The van der Waals surface area contributed by atoms with Crippen LogP contribution in [0.5, 0.6) is 0 Å². The van der Waals surface area contributed by atoms with Crippen LogP contribution in [0.4, 0.5) is 0 Å². The van der Waals surface area contributed by atoms with Gasteiger partial charge in [0.1, 0.15) is 5.92 Å². The molecular formula is C21H23ClN3O3+. The topological polar surface area (TPSA) is 71.8 Å². The fourth-order valence-corrected chi connectivity index (χ4v) is 3.67. The van der Waals surface area contributed by atoms with E-state index in [0.29, 0.717) is 22.7 Å². The van der Waals surface area contributed by atoms with Crippen LogP contribution in [-0.4, -0.2) is 54.5 Å². The second kappa shape index (κ2) is 8.63. The summed E-state index contributed by atoms with van der Waals surface area (Å²) in [4.78, 5) is 45.6. The van der Waals surface area contributed by atoms with Crippen LogP contribution >= 0.6 is 11.6 Å². The minimum absolute atomic E-state index is 0.365. The van der Waals surface area contributed by atoms with Crippen molar-refractivity contribution >= 4 is 29.1 Å². The highest BCUT2D eigenvalue weighted by atomic mass is 35.5. The third-order valence-electron chi connectivity index (χ3n) is 4.92. The van der Waals surface area contributed by atoms with Crippen LogP contribution in [0.3, 0.4) is 0 Å². The molecule has 2 unspecified atom stereocenters. The first-order valence-corrected chi connectivity index (χ1v) is 9.61. The molecule has 1 aromatic heterocycles. The second-order valence-electron chi connectivity index (χ2n) is 7.25. The predicted molar refractivity (Wildman–Crippen MR) is 105 cm³/mol. The summed E-state index contributed by atoms with van der Waals surface area (Å²) in [5.41, 5.74) is 1.05. The maximum atomic E-state index is 13.2. The lowest BCUT2D eigenvalue weighted by atomic mass is 9.87. The zero-order chi connectivity index (χ0) is 20.3. The number of nitrogens with zero attached hydrogens (tertiary/aromatic N) is 2. The smallest absolute Gasteiger partial charge is 0.291 e. The summed E-state index contributed by atoms with van der Waals surface area (Å²) in [7, 11) is 4.06. The number of ketones is 2. The molecule has 28 heavy (non-hydrogen) atoms. The molecule has 0 bridgehead atoms. The van der Waals surface area contributed by atoms with Crippen molar-refractivity contribution in [1.82, 2.24) is 9.88 Å². The van der Waals surface area contributed by atoms with Crippen molar-refractivity contribution in [2.45, 2.75) is 12.5 Å². The number of halogens is 1. The molecule has 1 saturated heterocycles. The predicted octanol–water partition coefficient (Wildman–Crippen LogP) is 1.22. The molecule has 1 aliphatic rings. The lowest BCUT2D eigenvalue weighted by molar-refractivity contribution is -0.858. The van der Waals surface area contributed by atoms with E-state index in [1.807, 2.05) is 14.1 Å². The summed E-state index contributed by atoms with van der Waals surface area (Å²) < 4.78 is 0. The summed E-state index contributed by atoms with van der Waals surface area (Å²) in [5, 5.41) is 0.502. The summed E-state index contributed by atoms with van der Waals surface area (Å²) in [6.07, 6.45) is 3.97. The summed E-state index contributed by atoms with van der Waals surface area (Å²) >= 11 is 5.91. The van der Waals surface area contributed by atoms with Crippen LogP contribution in [-0.2, 0) is 9.59 Å². The second-order valence-corrected chi connectivity index (χ2v) is 7.69. The highest BCUT2D eigenvalue weighted by Gasteiger charge is 2.51. The first-order chi connectivity index (χ1) is 13.4. The van der Waals surface area contributed by atoms with Gasteiger partial charge in [0.15, 0.2) is 5.78 Å². The minimum Gasteiger partial charge on any atom is -0.340 e. The third-order valence-corrected chi connectivity index (χ3v) is 5.17. The number of aromatic nitrogens is 1.